The third-order valence-electron chi connectivity index (χ3n) is 3.28. The molecule has 4 heteroatoms. The zero-order valence-corrected chi connectivity index (χ0v) is 14.3. The van der Waals surface area contributed by atoms with Gasteiger partial charge in [0.05, 0.1) is 0 Å². The van der Waals surface area contributed by atoms with Gasteiger partial charge in [-0.25, -0.2) is 0 Å². The smallest absolute Gasteiger partial charge is 0.0449 e. The predicted octanol–water partition coefficient (Wildman–Crippen LogP) is 5.30. The van der Waals surface area contributed by atoms with Crippen LogP contribution in [0.3, 0.4) is 0 Å². The van der Waals surface area contributed by atoms with Crippen LogP contribution in [0.2, 0.25) is 10.0 Å². The van der Waals surface area contributed by atoms with Crippen molar-refractivity contribution in [3.05, 3.63) is 68.1 Å². The minimum Gasteiger partial charge on any atom is -0.319 e. The summed E-state index contributed by atoms with van der Waals surface area (Å²) in [6, 6.07) is 14.0. The fourth-order valence-electron chi connectivity index (χ4n) is 2.30. The average Bonchev–Trinajstić information content (AvgIpc) is 2.42. The SMILES string of the molecule is CNCC(Cc1ccc(Br)cc1Cl)c1ccccc1Cl. The molecule has 0 heterocycles. The second-order valence-corrected chi connectivity index (χ2v) is 6.45. The van der Waals surface area contributed by atoms with Crippen molar-refractivity contribution in [3.8, 4) is 0 Å². The quantitative estimate of drug-likeness (QED) is 0.750. The van der Waals surface area contributed by atoms with Crippen LogP contribution in [0.5, 0.6) is 0 Å². The van der Waals surface area contributed by atoms with Crippen molar-refractivity contribution in [1.82, 2.24) is 5.32 Å². The summed E-state index contributed by atoms with van der Waals surface area (Å²) in [5.41, 5.74) is 2.29. The van der Waals surface area contributed by atoms with Gasteiger partial charge < -0.3 is 5.32 Å². The molecule has 0 amide bonds. The van der Waals surface area contributed by atoms with E-state index in [1.54, 1.807) is 0 Å². The number of hydrogen-bond acceptors (Lipinski definition) is 1. The molecule has 1 atom stereocenters. The number of benzene rings is 2. The highest BCUT2D eigenvalue weighted by Gasteiger charge is 2.16. The minimum absolute atomic E-state index is 0.298. The lowest BCUT2D eigenvalue weighted by atomic mass is 9.92. The van der Waals surface area contributed by atoms with Gasteiger partial charge in [0.1, 0.15) is 0 Å². The van der Waals surface area contributed by atoms with Crippen LogP contribution in [0.15, 0.2) is 46.9 Å². The molecule has 2 aromatic rings. The van der Waals surface area contributed by atoms with Crippen LogP contribution in [0.25, 0.3) is 0 Å². The molecule has 0 aliphatic rings. The summed E-state index contributed by atoms with van der Waals surface area (Å²) in [5.74, 6) is 0.298. The molecule has 20 heavy (non-hydrogen) atoms. The fraction of sp³-hybridized carbons (Fsp3) is 0.250. The van der Waals surface area contributed by atoms with E-state index in [1.165, 1.54) is 0 Å². The van der Waals surface area contributed by atoms with Gasteiger partial charge in [0.15, 0.2) is 0 Å². The van der Waals surface area contributed by atoms with E-state index in [4.69, 9.17) is 23.2 Å². The van der Waals surface area contributed by atoms with Gasteiger partial charge >= 0.3 is 0 Å². The van der Waals surface area contributed by atoms with Gasteiger partial charge in [-0.15, -0.1) is 0 Å². The second-order valence-electron chi connectivity index (χ2n) is 4.72. The Hall–Kier alpha value is -0.540. The molecular weight excluding hydrogens is 357 g/mol. The molecule has 1 N–H and O–H groups in total. The summed E-state index contributed by atoms with van der Waals surface area (Å²) in [4.78, 5) is 0. The summed E-state index contributed by atoms with van der Waals surface area (Å²) >= 11 is 16.1. The zero-order chi connectivity index (χ0) is 14.5. The first-order valence-corrected chi connectivity index (χ1v) is 7.99. The molecule has 0 spiro atoms. The van der Waals surface area contributed by atoms with Crippen molar-refractivity contribution < 1.29 is 0 Å². The molecule has 0 fully saturated rings. The molecule has 0 saturated heterocycles. The van der Waals surface area contributed by atoms with Crippen molar-refractivity contribution in [2.75, 3.05) is 13.6 Å². The normalized spacial score (nSPS) is 12.4. The van der Waals surface area contributed by atoms with Crippen molar-refractivity contribution in [2.45, 2.75) is 12.3 Å². The molecular formula is C16H16BrCl2N. The molecule has 106 valence electrons. The van der Waals surface area contributed by atoms with E-state index in [2.05, 4.69) is 33.4 Å². The molecule has 2 aromatic carbocycles. The molecule has 0 aromatic heterocycles. The summed E-state index contributed by atoms with van der Waals surface area (Å²) in [6.07, 6.45) is 0.858. The summed E-state index contributed by atoms with van der Waals surface area (Å²) in [6.45, 7) is 0.857. The highest BCUT2D eigenvalue weighted by Crippen LogP contribution is 2.30. The van der Waals surface area contributed by atoms with Gasteiger partial charge in [-0.3, -0.25) is 0 Å². The molecule has 1 unspecified atom stereocenters. The van der Waals surface area contributed by atoms with Crippen LogP contribution < -0.4 is 5.32 Å². The van der Waals surface area contributed by atoms with E-state index in [1.807, 2.05) is 37.4 Å². The first-order valence-electron chi connectivity index (χ1n) is 6.44. The van der Waals surface area contributed by atoms with Gasteiger partial charge in [-0.2, -0.15) is 0 Å². The Morgan fingerprint density at radius 1 is 1.10 bits per heavy atom. The van der Waals surface area contributed by atoms with Gasteiger partial charge in [-0.1, -0.05) is 63.4 Å². The number of rotatable bonds is 5. The Kier molecular flexibility index (Phi) is 5.91. The number of likely N-dealkylation sites (N-methyl/N-ethyl adjacent to an activating group) is 1. The van der Waals surface area contributed by atoms with Gasteiger partial charge in [0.2, 0.25) is 0 Å². The maximum Gasteiger partial charge on any atom is 0.0449 e. The Labute approximate surface area is 138 Å². The lowest BCUT2D eigenvalue weighted by molar-refractivity contribution is 0.626. The van der Waals surface area contributed by atoms with E-state index in [-0.39, 0.29) is 0 Å². The number of hydrogen-bond donors (Lipinski definition) is 1. The monoisotopic (exact) mass is 371 g/mol. The molecule has 0 saturated carbocycles. The summed E-state index contributed by atoms with van der Waals surface area (Å²) in [7, 11) is 1.95. The van der Waals surface area contributed by atoms with Crippen molar-refractivity contribution in [2.24, 2.45) is 0 Å². The highest BCUT2D eigenvalue weighted by atomic mass is 79.9. The first-order chi connectivity index (χ1) is 9.61. The standard InChI is InChI=1S/C16H16BrCl2N/c1-20-10-12(14-4-2-3-5-15(14)18)8-11-6-7-13(17)9-16(11)19/h2-7,9,12,20H,8,10H2,1H3. The fourth-order valence-corrected chi connectivity index (χ4v) is 3.34. The molecule has 0 aliphatic carbocycles. The maximum atomic E-state index is 6.32. The average molecular weight is 373 g/mol. The molecule has 2 rings (SSSR count). The summed E-state index contributed by atoms with van der Waals surface area (Å²) < 4.78 is 0.995. The van der Waals surface area contributed by atoms with E-state index in [0.29, 0.717) is 5.92 Å². The maximum absolute atomic E-state index is 6.32. The van der Waals surface area contributed by atoms with E-state index < -0.39 is 0 Å². The van der Waals surface area contributed by atoms with Crippen LogP contribution in [0.1, 0.15) is 17.0 Å². The molecule has 0 aliphatic heterocycles. The van der Waals surface area contributed by atoms with Crippen molar-refractivity contribution in [1.29, 1.82) is 0 Å². The topological polar surface area (TPSA) is 12.0 Å². The Morgan fingerprint density at radius 2 is 1.85 bits per heavy atom. The van der Waals surface area contributed by atoms with Crippen LogP contribution >= 0.6 is 39.1 Å². The van der Waals surface area contributed by atoms with Crippen molar-refractivity contribution >= 4 is 39.1 Å². The molecule has 0 radical (unpaired) electrons. The van der Waals surface area contributed by atoms with E-state index in [0.717, 1.165) is 38.6 Å². The van der Waals surface area contributed by atoms with Crippen LogP contribution in [0.4, 0.5) is 0 Å². The van der Waals surface area contributed by atoms with E-state index >= 15 is 0 Å². The van der Waals surface area contributed by atoms with Gasteiger partial charge in [0.25, 0.3) is 0 Å². The van der Waals surface area contributed by atoms with Crippen molar-refractivity contribution in [3.63, 3.8) is 0 Å². The van der Waals surface area contributed by atoms with E-state index in [9.17, 15) is 0 Å². The minimum atomic E-state index is 0.298. The Balaban J connectivity index is 2.28. The van der Waals surface area contributed by atoms with Crippen LogP contribution in [-0.4, -0.2) is 13.6 Å². The Morgan fingerprint density at radius 3 is 2.50 bits per heavy atom. The lowest BCUT2D eigenvalue weighted by Crippen LogP contribution is -2.19. The van der Waals surface area contributed by atoms with Gasteiger partial charge in [0, 0.05) is 27.0 Å². The molecule has 0 bridgehead atoms. The number of nitrogens with one attached hydrogen (secondary N) is 1. The highest BCUT2D eigenvalue weighted by molar-refractivity contribution is 9.10. The number of halogens is 3. The molecule has 1 nitrogen and oxygen atoms in total. The zero-order valence-electron chi connectivity index (χ0n) is 11.2. The first kappa shape index (κ1) is 15.8. The third-order valence-corrected chi connectivity index (χ3v) is 4.47. The second kappa shape index (κ2) is 7.46. The third kappa shape index (κ3) is 3.98. The summed E-state index contributed by atoms with van der Waals surface area (Å²) in [5, 5.41) is 4.82. The van der Waals surface area contributed by atoms with Crippen LogP contribution in [0, 0.1) is 0 Å². The predicted molar refractivity (Wildman–Crippen MR) is 91.0 cm³/mol. The van der Waals surface area contributed by atoms with Crippen LogP contribution in [-0.2, 0) is 6.42 Å². The largest absolute Gasteiger partial charge is 0.319 e. The lowest BCUT2D eigenvalue weighted by Gasteiger charge is -2.19. The Bertz CT molecular complexity index is 586. The van der Waals surface area contributed by atoms with Gasteiger partial charge in [-0.05, 0) is 42.8 Å².